The summed E-state index contributed by atoms with van der Waals surface area (Å²) in [6, 6.07) is 6.97. The number of carbonyl (C=O) groups is 3. The summed E-state index contributed by atoms with van der Waals surface area (Å²) in [6.07, 6.45) is -0.194. The molecular formula is C19H25NO5. The minimum Gasteiger partial charge on any atom is -0.479 e. The van der Waals surface area contributed by atoms with E-state index in [-0.39, 0.29) is 25.2 Å². The van der Waals surface area contributed by atoms with Gasteiger partial charge in [-0.25, -0.2) is 9.59 Å². The van der Waals surface area contributed by atoms with Crippen molar-refractivity contribution < 1.29 is 24.2 Å². The van der Waals surface area contributed by atoms with Crippen LogP contribution in [0.1, 0.15) is 56.0 Å². The number of rotatable bonds is 4. The highest BCUT2D eigenvalue weighted by atomic mass is 16.6. The number of carboxylic acid groups (broad SMARTS) is 1. The molecule has 0 aliphatic carbocycles. The number of nitrogens with zero attached hydrogens (tertiary/aromatic N) is 1. The number of hydrogen-bond donors (Lipinski definition) is 1. The van der Waals surface area contributed by atoms with Crippen molar-refractivity contribution in [3.8, 4) is 0 Å². The number of hydrogen-bond acceptors (Lipinski definition) is 4. The molecule has 0 saturated carbocycles. The number of aryl methyl sites for hydroxylation is 1. The highest BCUT2D eigenvalue weighted by Crippen LogP contribution is 2.35. The molecule has 136 valence electrons. The van der Waals surface area contributed by atoms with Gasteiger partial charge in [0, 0.05) is 18.5 Å². The maximum Gasteiger partial charge on any atom is 0.411 e. The maximum atomic E-state index is 12.6. The summed E-state index contributed by atoms with van der Waals surface area (Å²) >= 11 is 0. The molecule has 1 aliphatic rings. The van der Waals surface area contributed by atoms with Crippen molar-refractivity contribution in [1.29, 1.82) is 0 Å². The number of carbonyl (C=O) groups excluding carboxylic acids is 2. The lowest BCUT2D eigenvalue weighted by atomic mass is 9.88. The molecule has 1 aromatic rings. The molecule has 1 fully saturated rings. The summed E-state index contributed by atoms with van der Waals surface area (Å²) in [6.45, 7) is 7.35. The Labute approximate surface area is 147 Å². The van der Waals surface area contributed by atoms with Crippen molar-refractivity contribution in [2.45, 2.75) is 58.1 Å². The second-order valence-electron chi connectivity index (χ2n) is 7.54. The average molecular weight is 347 g/mol. The van der Waals surface area contributed by atoms with Gasteiger partial charge in [-0.2, -0.15) is 0 Å². The number of Topliss-reactive ketones (excluding diaryl/α,β-unsaturated/α-hetero) is 1. The van der Waals surface area contributed by atoms with Crippen molar-refractivity contribution in [1.82, 2.24) is 4.90 Å². The molecule has 1 N–H and O–H groups in total. The number of ether oxygens (including phenoxy) is 1. The third-order valence-corrected chi connectivity index (χ3v) is 4.33. The van der Waals surface area contributed by atoms with Crippen LogP contribution in [0.4, 0.5) is 4.79 Å². The Balaban J connectivity index is 2.27. The monoisotopic (exact) mass is 347 g/mol. The first kappa shape index (κ1) is 19.0. The van der Waals surface area contributed by atoms with E-state index in [1.807, 2.05) is 6.92 Å². The molecule has 0 spiro atoms. The van der Waals surface area contributed by atoms with Crippen LogP contribution in [0.15, 0.2) is 24.3 Å². The summed E-state index contributed by atoms with van der Waals surface area (Å²) in [7, 11) is 0. The van der Waals surface area contributed by atoms with Gasteiger partial charge in [0.1, 0.15) is 5.60 Å². The molecule has 6 heteroatoms. The lowest BCUT2D eigenvalue weighted by molar-refractivity contribution is -0.149. The van der Waals surface area contributed by atoms with Crippen LogP contribution in [0.5, 0.6) is 0 Å². The van der Waals surface area contributed by atoms with E-state index >= 15 is 0 Å². The van der Waals surface area contributed by atoms with Gasteiger partial charge >= 0.3 is 12.1 Å². The Morgan fingerprint density at radius 1 is 1.20 bits per heavy atom. The van der Waals surface area contributed by atoms with Crippen LogP contribution < -0.4 is 0 Å². The zero-order valence-corrected chi connectivity index (χ0v) is 15.2. The van der Waals surface area contributed by atoms with E-state index in [1.54, 1.807) is 45.0 Å². The third kappa shape index (κ3) is 4.18. The Kier molecular flexibility index (Phi) is 5.20. The van der Waals surface area contributed by atoms with E-state index in [2.05, 4.69) is 0 Å². The molecule has 1 unspecified atom stereocenters. The van der Waals surface area contributed by atoms with Crippen LogP contribution in [0.25, 0.3) is 0 Å². The van der Waals surface area contributed by atoms with Gasteiger partial charge in [-0.1, -0.05) is 29.8 Å². The fourth-order valence-corrected chi connectivity index (χ4v) is 3.05. The van der Waals surface area contributed by atoms with Gasteiger partial charge in [0.05, 0.1) is 0 Å². The van der Waals surface area contributed by atoms with Crippen LogP contribution in [0, 0.1) is 6.92 Å². The molecule has 1 saturated heterocycles. The van der Waals surface area contributed by atoms with Crippen molar-refractivity contribution in [2.24, 2.45) is 0 Å². The van der Waals surface area contributed by atoms with E-state index in [0.717, 1.165) is 5.56 Å². The van der Waals surface area contributed by atoms with Crippen molar-refractivity contribution in [3.05, 3.63) is 35.4 Å². The van der Waals surface area contributed by atoms with Crippen molar-refractivity contribution >= 4 is 17.8 Å². The second-order valence-corrected chi connectivity index (χ2v) is 7.54. The first-order chi connectivity index (χ1) is 11.5. The van der Waals surface area contributed by atoms with Gasteiger partial charge in [0.15, 0.2) is 11.3 Å². The molecule has 1 amide bonds. The summed E-state index contributed by atoms with van der Waals surface area (Å²) in [5.41, 5.74) is -0.821. The fourth-order valence-electron chi connectivity index (χ4n) is 3.05. The Bertz CT molecular complexity index is 674. The zero-order chi connectivity index (χ0) is 18.8. The first-order valence-electron chi connectivity index (χ1n) is 8.39. The summed E-state index contributed by atoms with van der Waals surface area (Å²) < 4.78 is 5.34. The molecular weight excluding hydrogens is 322 g/mol. The maximum absolute atomic E-state index is 12.6. The van der Waals surface area contributed by atoms with Crippen LogP contribution >= 0.6 is 0 Å². The predicted molar refractivity (Wildman–Crippen MR) is 92.7 cm³/mol. The Hall–Kier alpha value is -2.37. The molecule has 1 aliphatic heterocycles. The lowest BCUT2D eigenvalue weighted by Gasteiger charge is -2.35. The molecule has 0 aromatic heterocycles. The zero-order valence-electron chi connectivity index (χ0n) is 15.2. The molecule has 1 atom stereocenters. The molecule has 0 bridgehead atoms. The molecule has 0 radical (unpaired) electrons. The highest BCUT2D eigenvalue weighted by molar-refractivity contribution is 6.01. The highest BCUT2D eigenvalue weighted by Gasteiger charge is 2.52. The quantitative estimate of drug-likeness (QED) is 0.844. The molecule has 2 rings (SSSR count). The van der Waals surface area contributed by atoms with Gasteiger partial charge < -0.3 is 9.84 Å². The van der Waals surface area contributed by atoms with Gasteiger partial charge in [0.25, 0.3) is 0 Å². The summed E-state index contributed by atoms with van der Waals surface area (Å²) in [5, 5.41) is 9.82. The van der Waals surface area contributed by atoms with Crippen LogP contribution in [-0.2, 0) is 9.53 Å². The van der Waals surface area contributed by atoms with Gasteiger partial charge in [-0.05, 0) is 40.5 Å². The molecule has 1 heterocycles. The fraction of sp³-hybridized carbons (Fsp3) is 0.526. The first-order valence-corrected chi connectivity index (χ1v) is 8.39. The van der Waals surface area contributed by atoms with Crippen LogP contribution in [0.3, 0.4) is 0 Å². The van der Waals surface area contributed by atoms with Gasteiger partial charge in [0.2, 0.25) is 0 Å². The topological polar surface area (TPSA) is 83.9 Å². The third-order valence-electron chi connectivity index (χ3n) is 4.33. The minimum absolute atomic E-state index is 0.235. The predicted octanol–water partition coefficient (Wildman–Crippen LogP) is 3.42. The number of aliphatic carboxylic acids is 1. The number of amides is 1. The lowest BCUT2D eigenvalue weighted by Crippen LogP contribution is -2.55. The smallest absolute Gasteiger partial charge is 0.411 e. The Morgan fingerprint density at radius 2 is 1.80 bits per heavy atom. The Morgan fingerprint density at radius 3 is 2.32 bits per heavy atom. The SMILES string of the molecule is Cc1ccc(C(=O)CC2(C(=O)O)CCCN2C(=O)OC(C)(C)C)cc1. The molecule has 6 nitrogen and oxygen atoms in total. The average Bonchev–Trinajstić information content (AvgIpc) is 2.91. The summed E-state index contributed by atoms with van der Waals surface area (Å²) in [5.74, 6) is -1.46. The number of benzene rings is 1. The van der Waals surface area contributed by atoms with Crippen molar-refractivity contribution in [3.63, 3.8) is 0 Å². The van der Waals surface area contributed by atoms with Gasteiger partial charge in [-0.15, -0.1) is 0 Å². The minimum atomic E-state index is -1.55. The standard InChI is InChI=1S/C19H25NO5/c1-13-6-8-14(9-7-13)15(21)12-19(16(22)23)10-5-11-20(19)17(24)25-18(2,3)4/h6-9H,5,10-12H2,1-4H3,(H,22,23). The summed E-state index contributed by atoms with van der Waals surface area (Å²) in [4.78, 5) is 38.3. The van der Waals surface area contributed by atoms with E-state index in [4.69, 9.17) is 4.74 Å². The number of likely N-dealkylation sites (tertiary alicyclic amines) is 1. The van der Waals surface area contributed by atoms with Crippen molar-refractivity contribution in [2.75, 3.05) is 6.54 Å². The van der Waals surface area contributed by atoms with E-state index in [0.29, 0.717) is 12.0 Å². The van der Waals surface area contributed by atoms with Gasteiger partial charge in [-0.3, -0.25) is 9.69 Å². The van der Waals surface area contributed by atoms with E-state index in [1.165, 1.54) is 4.90 Å². The van der Waals surface area contributed by atoms with Crippen LogP contribution in [-0.4, -0.2) is 45.5 Å². The second kappa shape index (κ2) is 6.86. The van der Waals surface area contributed by atoms with E-state index in [9.17, 15) is 19.5 Å². The molecule has 25 heavy (non-hydrogen) atoms. The van der Waals surface area contributed by atoms with Crippen LogP contribution in [0.2, 0.25) is 0 Å². The van der Waals surface area contributed by atoms with E-state index < -0.39 is 23.2 Å². The normalized spacial score (nSPS) is 20.4. The number of carboxylic acids is 1. The molecule has 1 aromatic carbocycles. The largest absolute Gasteiger partial charge is 0.479 e. The number of ketones is 1.